The van der Waals surface area contributed by atoms with E-state index in [1.54, 1.807) is 0 Å². The maximum absolute atomic E-state index is 8.25. The monoisotopic (exact) mass is 400 g/mol. The average molecular weight is 400 g/mol. The Bertz CT molecular complexity index is 20.1. The van der Waals surface area contributed by atoms with E-state index in [2.05, 4.69) is 0 Å². The molecule has 0 radical (unpaired) electrons. The van der Waals surface area contributed by atoms with Gasteiger partial charge in [-0.3, -0.25) is 0 Å². The van der Waals surface area contributed by atoms with E-state index in [4.69, 9.17) is 20.4 Å². The van der Waals surface area contributed by atoms with Crippen LogP contribution in [0.25, 0.3) is 0 Å². The summed E-state index contributed by atoms with van der Waals surface area (Å²) >= 11 is 0. The standard InChI is InChI=1S/4CH3O.2FH.U/c4*1-2;;;/h4*1H3;2*1H;/q4*-1;;;/p-2. The summed E-state index contributed by atoms with van der Waals surface area (Å²) in [6, 6.07) is 0. The minimum atomic E-state index is 0. The molecular formula is C4H12F2O4U-6. The van der Waals surface area contributed by atoms with Gasteiger partial charge in [-0.2, -0.15) is 28.4 Å². The molecule has 0 aromatic carbocycles. The van der Waals surface area contributed by atoms with E-state index in [-0.39, 0.29) is 40.5 Å². The van der Waals surface area contributed by atoms with Crippen molar-refractivity contribution >= 4 is 0 Å². The molecule has 0 aliphatic heterocycles. The van der Waals surface area contributed by atoms with Gasteiger partial charge in [0.2, 0.25) is 0 Å². The third-order valence-electron chi connectivity index (χ3n) is 0. The van der Waals surface area contributed by atoms with Gasteiger partial charge in [0.25, 0.3) is 0 Å². The zero-order valence-electron chi connectivity index (χ0n) is 6.89. The van der Waals surface area contributed by atoms with Crippen molar-refractivity contribution in [1.29, 1.82) is 0 Å². The fraction of sp³-hybridized carbons (Fsp3) is 1.00. The van der Waals surface area contributed by atoms with Crippen LogP contribution >= 0.6 is 0 Å². The first-order chi connectivity index (χ1) is 4.00. The average Bonchev–Trinajstić information content (AvgIpc) is 2.03. The Morgan fingerprint density at radius 1 is 0.455 bits per heavy atom. The van der Waals surface area contributed by atoms with Crippen molar-refractivity contribution in [3.63, 3.8) is 0 Å². The second kappa shape index (κ2) is 1810. The fourth-order valence-corrected chi connectivity index (χ4v) is 0. The van der Waals surface area contributed by atoms with Crippen LogP contribution in [0, 0.1) is 31.1 Å². The molecule has 0 saturated carbocycles. The zero-order valence-corrected chi connectivity index (χ0v) is 11.1. The molecule has 0 N–H and O–H groups in total. The largest absolute Gasteiger partial charge is 1.00 e. The van der Waals surface area contributed by atoms with E-state index < -0.39 is 0 Å². The van der Waals surface area contributed by atoms with Crippen LogP contribution in [0.4, 0.5) is 0 Å². The van der Waals surface area contributed by atoms with Crippen molar-refractivity contribution in [3.05, 3.63) is 0 Å². The van der Waals surface area contributed by atoms with Gasteiger partial charge in [0, 0.05) is 31.1 Å². The van der Waals surface area contributed by atoms with Crippen molar-refractivity contribution < 1.29 is 60.9 Å². The molecule has 0 bridgehead atoms. The minimum absolute atomic E-state index is 0. The summed E-state index contributed by atoms with van der Waals surface area (Å²) in [6.45, 7) is 0. The van der Waals surface area contributed by atoms with Crippen LogP contribution in [-0.4, -0.2) is 28.4 Å². The summed E-state index contributed by atoms with van der Waals surface area (Å²) < 4.78 is 0. The smallest absolute Gasteiger partial charge is 0 e. The molecule has 0 rings (SSSR count). The molecule has 7 heteroatoms. The van der Waals surface area contributed by atoms with Gasteiger partial charge in [-0.05, 0) is 0 Å². The predicted molar refractivity (Wildman–Crippen MR) is 23.7 cm³/mol. The SMILES string of the molecule is C[O-].C[O-].C[O-].C[O-].[F-].[F-].[U]. The van der Waals surface area contributed by atoms with Crippen LogP contribution in [0.2, 0.25) is 0 Å². The van der Waals surface area contributed by atoms with Gasteiger partial charge in [-0.25, -0.2) is 0 Å². The van der Waals surface area contributed by atoms with Crippen LogP contribution in [0.15, 0.2) is 0 Å². The molecule has 0 aliphatic rings. The molecule has 0 aliphatic carbocycles. The summed E-state index contributed by atoms with van der Waals surface area (Å²) in [5.74, 6) is 0. The third kappa shape index (κ3) is 1460. The molecule has 0 saturated heterocycles. The Labute approximate surface area is 89.4 Å². The van der Waals surface area contributed by atoms with Gasteiger partial charge in [0.1, 0.15) is 0 Å². The number of halogens is 2. The summed E-state index contributed by atoms with van der Waals surface area (Å²) in [6.07, 6.45) is 0. The molecule has 0 aromatic rings. The van der Waals surface area contributed by atoms with E-state index in [0.29, 0.717) is 0 Å². The minimum Gasteiger partial charge on any atom is -1.00 e. The summed E-state index contributed by atoms with van der Waals surface area (Å²) in [5, 5.41) is 33.0. The van der Waals surface area contributed by atoms with E-state index in [9.17, 15) is 0 Å². The van der Waals surface area contributed by atoms with Crippen LogP contribution in [0.5, 0.6) is 0 Å². The van der Waals surface area contributed by atoms with E-state index in [1.807, 2.05) is 0 Å². The second-order valence-electron chi connectivity index (χ2n) is 0. The van der Waals surface area contributed by atoms with E-state index in [1.165, 1.54) is 0 Å². The van der Waals surface area contributed by atoms with Gasteiger partial charge in [0.05, 0.1) is 0 Å². The maximum Gasteiger partial charge on any atom is 0 e. The van der Waals surface area contributed by atoms with Crippen molar-refractivity contribution in [2.75, 3.05) is 28.4 Å². The number of rotatable bonds is 0. The predicted octanol–water partition coefficient (Wildman–Crippen LogP) is -10.1. The van der Waals surface area contributed by atoms with Gasteiger partial charge in [-0.1, -0.05) is 0 Å². The van der Waals surface area contributed by atoms with Gasteiger partial charge < -0.3 is 29.8 Å². The van der Waals surface area contributed by atoms with Crippen LogP contribution < -0.4 is 29.8 Å². The zero-order chi connectivity index (χ0) is 8.00. The van der Waals surface area contributed by atoms with Crippen molar-refractivity contribution in [2.45, 2.75) is 0 Å². The van der Waals surface area contributed by atoms with E-state index in [0.717, 1.165) is 28.4 Å². The molecular weight excluding hydrogens is 388 g/mol. The van der Waals surface area contributed by atoms with Gasteiger partial charge in [0.15, 0.2) is 0 Å². The van der Waals surface area contributed by atoms with Gasteiger partial charge in [-0.15, -0.1) is 0 Å². The quantitative estimate of drug-likeness (QED) is 0.404. The van der Waals surface area contributed by atoms with Gasteiger partial charge >= 0.3 is 0 Å². The first kappa shape index (κ1) is 60.2. The molecule has 0 aromatic heterocycles. The van der Waals surface area contributed by atoms with Crippen LogP contribution in [0.1, 0.15) is 0 Å². The Morgan fingerprint density at radius 2 is 0.455 bits per heavy atom. The molecule has 76 valence electrons. The van der Waals surface area contributed by atoms with E-state index >= 15 is 0 Å². The summed E-state index contributed by atoms with van der Waals surface area (Å²) in [7, 11) is 3.00. The Balaban J connectivity index is -0.00000000356. The summed E-state index contributed by atoms with van der Waals surface area (Å²) in [5.41, 5.74) is 0. The fourth-order valence-electron chi connectivity index (χ4n) is 0. The molecule has 0 amide bonds. The number of hydrogen-bond acceptors (Lipinski definition) is 4. The first-order valence-electron chi connectivity index (χ1n) is 1.63. The number of hydrogen-bond donors (Lipinski definition) is 0. The Kier molecular flexibility index (Phi) is 9890. The molecule has 0 unspecified atom stereocenters. The first-order valence-corrected chi connectivity index (χ1v) is 1.63. The third-order valence-corrected chi connectivity index (χ3v) is 0. The van der Waals surface area contributed by atoms with Crippen molar-refractivity contribution in [2.24, 2.45) is 0 Å². The molecule has 11 heavy (non-hydrogen) atoms. The van der Waals surface area contributed by atoms with Crippen molar-refractivity contribution in [1.82, 2.24) is 0 Å². The summed E-state index contributed by atoms with van der Waals surface area (Å²) in [4.78, 5) is 0. The Morgan fingerprint density at radius 3 is 0.455 bits per heavy atom. The topological polar surface area (TPSA) is 92.2 Å². The van der Waals surface area contributed by atoms with Crippen LogP contribution in [0.3, 0.4) is 0 Å². The normalized spacial score (nSPS) is 2.18. The molecule has 0 fully saturated rings. The Hall–Kier alpha value is 0.752. The molecule has 0 atom stereocenters. The van der Waals surface area contributed by atoms with Crippen LogP contribution in [-0.2, 0) is 0 Å². The molecule has 4 nitrogen and oxygen atoms in total. The maximum atomic E-state index is 8.25. The second-order valence-corrected chi connectivity index (χ2v) is 0. The molecule has 0 heterocycles. The van der Waals surface area contributed by atoms with Crippen molar-refractivity contribution in [3.8, 4) is 0 Å². The molecule has 0 spiro atoms.